The molecule has 0 saturated carbocycles. The molecule has 4 heteroatoms. The van der Waals surface area contributed by atoms with Gasteiger partial charge in [-0.05, 0) is 13.0 Å². The van der Waals surface area contributed by atoms with Crippen LogP contribution in [0.15, 0.2) is 18.5 Å². The van der Waals surface area contributed by atoms with Gasteiger partial charge in [0.05, 0.1) is 12.5 Å². The topological polar surface area (TPSA) is 22.1 Å². The highest BCUT2D eigenvalue weighted by Crippen LogP contribution is 2.17. The number of halogens is 2. The molecule has 1 rings (SSSR count). The fraction of sp³-hybridized carbons (Fsp3) is 0.375. The van der Waals surface area contributed by atoms with Gasteiger partial charge in [0.1, 0.15) is 5.75 Å². The molecule has 0 aliphatic rings. The van der Waals surface area contributed by atoms with Crippen LogP contribution in [0.3, 0.4) is 0 Å². The first-order valence-corrected chi connectivity index (χ1v) is 4.03. The maximum absolute atomic E-state index is 5.65. The first-order valence-electron chi connectivity index (χ1n) is 3.50. The average Bonchev–Trinajstić information content (AvgIpc) is 2.06. The summed E-state index contributed by atoms with van der Waals surface area (Å²) < 4.78 is 5.30. The molecule has 12 heavy (non-hydrogen) atoms. The normalized spacial score (nSPS) is 8.83. The molecular formula is C8H11BrClNO. The second kappa shape index (κ2) is 6.26. The van der Waals surface area contributed by atoms with E-state index in [2.05, 4.69) is 4.98 Å². The molecular weight excluding hydrogens is 241 g/mol. The highest BCUT2D eigenvalue weighted by Gasteiger charge is 1.99. The Morgan fingerprint density at radius 2 is 2.33 bits per heavy atom. The van der Waals surface area contributed by atoms with Gasteiger partial charge in [-0.3, -0.25) is 4.98 Å². The van der Waals surface area contributed by atoms with Crippen molar-refractivity contribution < 1.29 is 4.74 Å². The molecule has 2 nitrogen and oxygen atoms in total. The molecule has 1 heterocycles. The van der Waals surface area contributed by atoms with Crippen molar-refractivity contribution in [3.05, 3.63) is 24.0 Å². The van der Waals surface area contributed by atoms with Gasteiger partial charge in [-0.25, -0.2) is 0 Å². The van der Waals surface area contributed by atoms with Crippen molar-refractivity contribution in [2.45, 2.75) is 12.8 Å². The van der Waals surface area contributed by atoms with Crippen molar-refractivity contribution in [1.29, 1.82) is 0 Å². The van der Waals surface area contributed by atoms with E-state index in [9.17, 15) is 0 Å². The van der Waals surface area contributed by atoms with E-state index in [1.165, 1.54) is 0 Å². The van der Waals surface area contributed by atoms with Gasteiger partial charge in [0.2, 0.25) is 0 Å². The minimum Gasteiger partial charge on any atom is -0.493 e. The number of pyridine rings is 1. The van der Waals surface area contributed by atoms with Crippen LogP contribution in [0.5, 0.6) is 5.75 Å². The van der Waals surface area contributed by atoms with E-state index in [1.807, 2.05) is 13.0 Å². The fourth-order valence-electron chi connectivity index (χ4n) is 0.811. The third-order valence-corrected chi connectivity index (χ3v) is 1.59. The van der Waals surface area contributed by atoms with E-state index in [-0.39, 0.29) is 17.0 Å². The van der Waals surface area contributed by atoms with Gasteiger partial charge < -0.3 is 4.74 Å². The smallest absolute Gasteiger partial charge is 0.126 e. The predicted octanol–water partition coefficient (Wildman–Crippen LogP) is 2.80. The number of hydrogen-bond donors (Lipinski definition) is 0. The van der Waals surface area contributed by atoms with Crippen LogP contribution < -0.4 is 4.74 Å². The zero-order valence-corrected chi connectivity index (χ0v) is 9.26. The van der Waals surface area contributed by atoms with Crippen molar-refractivity contribution in [3.63, 3.8) is 0 Å². The highest BCUT2D eigenvalue weighted by atomic mass is 79.9. The molecule has 68 valence electrons. The van der Waals surface area contributed by atoms with Gasteiger partial charge in [-0.1, -0.05) is 0 Å². The number of nitrogens with zero attached hydrogens (tertiary/aromatic N) is 1. The molecule has 1 aromatic rings. The van der Waals surface area contributed by atoms with E-state index in [0.717, 1.165) is 11.3 Å². The Bertz CT molecular complexity index is 232. The first kappa shape index (κ1) is 11.7. The van der Waals surface area contributed by atoms with Gasteiger partial charge in [-0.2, -0.15) is 0 Å². The average molecular weight is 253 g/mol. The van der Waals surface area contributed by atoms with Gasteiger partial charge in [0.25, 0.3) is 0 Å². The molecule has 0 saturated heterocycles. The number of alkyl halides is 1. The van der Waals surface area contributed by atoms with Crippen LogP contribution in [-0.2, 0) is 5.88 Å². The molecule has 0 spiro atoms. The quantitative estimate of drug-likeness (QED) is 0.772. The summed E-state index contributed by atoms with van der Waals surface area (Å²) in [7, 11) is 0. The van der Waals surface area contributed by atoms with E-state index < -0.39 is 0 Å². The Hall–Kier alpha value is -0.280. The molecule has 0 N–H and O–H groups in total. The van der Waals surface area contributed by atoms with Crippen LogP contribution in [0.4, 0.5) is 0 Å². The monoisotopic (exact) mass is 251 g/mol. The van der Waals surface area contributed by atoms with Crippen molar-refractivity contribution in [1.82, 2.24) is 4.98 Å². The Morgan fingerprint density at radius 3 is 2.92 bits per heavy atom. The molecule has 0 aliphatic heterocycles. The Balaban J connectivity index is 0.00000121. The number of hydrogen-bond acceptors (Lipinski definition) is 2. The van der Waals surface area contributed by atoms with E-state index in [0.29, 0.717) is 12.5 Å². The maximum Gasteiger partial charge on any atom is 0.126 e. The molecule has 0 atom stereocenters. The molecule has 0 radical (unpaired) electrons. The van der Waals surface area contributed by atoms with Crippen LogP contribution in [0.2, 0.25) is 0 Å². The summed E-state index contributed by atoms with van der Waals surface area (Å²) >= 11 is 5.65. The summed E-state index contributed by atoms with van der Waals surface area (Å²) in [6.07, 6.45) is 3.42. The fourth-order valence-corrected chi connectivity index (χ4v) is 1.01. The summed E-state index contributed by atoms with van der Waals surface area (Å²) in [4.78, 5) is 3.93. The molecule has 0 aliphatic carbocycles. The Labute approximate surface area is 87.7 Å². The molecule has 1 aromatic heterocycles. The zero-order chi connectivity index (χ0) is 8.10. The minimum absolute atomic E-state index is 0. The molecule has 0 bridgehead atoms. The lowest BCUT2D eigenvalue weighted by atomic mass is 10.3. The zero-order valence-electron chi connectivity index (χ0n) is 6.79. The van der Waals surface area contributed by atoms with Gasteiger partial charge >= 0.3 is 0 Å². The van der Waals surface area contributed by atoms with Crippen LogP contribution in [-0.4, -0.2) is 11.6 Å². The molecule has 0 fully saturated rings. The van der Waals surface area contributed by atoms with Gasteiger partial charge in [0.15, 0.2) is 0 Å². The van der Waals surface area contributed by atoms with Crippen molar-refractivity contribution in [2.24, 2.45) is 0 Å². The Morgan fingerprint density at radius 1 is 1.58 bits per heavy atom. The van der Waals surface area contributed by atoms with Gasteiger partial charge in [-0.15, -0.1) is 28.6 Å². The minimum atomic E-state index is 0. The Kier molecular flexibility index (Phi) is 6.11. The SMILES string of the molecule is Br.CCOc1ccncc1CCl. The molecule has 0 amide bonds. The largest absolute Gasteiger partial charge is 0.493 e. The summed E-state index contributed by atoms with van der Waals surface area (Å²) in [6.45, 7) is 2.60. The maximum atomic E-state index is 5.65. The number of ether oxygens (including phenoxy) is 1. The summed E-state index contributed by atoms with van der Waals surface area (Å²) in [5.41, 5.74) is 0.941. The van der Waals surface area contributed by atoms with E-state index in [1.54, 1.807) is 12.4 Å². The van der Waals surface area contributed by atoms with Gasteiger partial charge in [0, 0.05) is 18.0 Å². The van der Waals surface area contributed by atoms with Crippen LogP contribution >= 0.6 is 28.6 Å². The molecule has 0 unspecified atom stereocenters. The number of rotatable bonds is 3. The lowest BCUT2D eigenvalue weighted by molar-refractivity contribution is 0.337. The highest BCUT2D eigenvalue weighted by molar-refractivity contribution is 8.93. The van der Waals surface area contributed by atoms with Crippen molar-refractivity contribution >= 4 is 28.6 Å². The van der Waals surface area contributed by atoms with Crippen molar-refractivity contribution in [2.75, 3.05) is 6.61 Å². The second-order valence-corrected chi connectivity index (χ2v) is 2.32. The predicted molar refractivity (Wildman–Crippen MR) is 55.3 cm³/mol. The number of aromatic nitrogens is 1. The third kappa shape index (κ3) is 2.99. The first-order chi connectivity index (χ1) is 5.38. The third-order valence-electron chi connectivity index (χ3n) is 1.30. The lowest BCUT2D eigenvalue weighted by Gasteiger charge is -2.05. The summed E-state index contributed by atoms with van der Waals surface area (Å²) in [5, 5.41) is 0. The summed E-state index contributed by atoms with van der Waals surface area (Å²) in [6, 6.07) is 1.82. The second-order valence-electron chi connectivity index (χ2n) is 2.05. The van der Waals surface area contributed by atoms with Crippen LogP contribution in [0.25, 0.3) is 0 Å². The van der Waals surface area contributed by atoms with Crippen LogP contribution in [0, 0.1) is 0 Å². The summed E-state index contributed by atoms with van der Waals surface area (Å²) in [5.74, 6) is 1.28. The van der Waals surface area contributed by atoms with Crippen molar-refractivity contribution in [3.8, 4) is 5.75 Å². The molecule has 0 aromatic carbocycles. The van der Waals surface area contributed by atoms with E-state index >= 15 is 0 Å². The van der Waals surface area contributed by atoms with E-state index in [4.69, 9.17) is 16.3 Å². The van der Waals surface area contributed by atoms with Crippen LogP contribution in [0.1, 0.15) is 12.5 Å². The lowest BCUT2D eigenvalue weighted by Crippen LogP contribution is -1.95. The standard InChI is InChI=1S/C8H10ClNO.BrH/c1-2-11-8-3-4-10-6-7(8)5-9;/h3-4,6H,2,5H2,1H3;1H.